The van der Waals surface area contributed by atoms with Crippen molar-refractivity contribution in [1.29, 1.82) is 0 Å². The Bertz CT molecular complexity index is 579. The highest BCUT2D eigenvalue weighted by Crippen LogP contribution is 2.14. The van der Waals surface area contributed by atoms with Crippen molar-refractivity contribution in [1.82, 2.24) is 5.32 Å². The fraction of sp³-hybridized carbons (Fsp3) is 0.316. The van der Waals surface area contributed by atoms with Crippen LogP contribution in [-0.2, 0) is 0 Å². The molecule has 3 heteroatoms. The van der Waals surface area contributed by atoms with Crippen LogP contribution in [0.5, 0.6) is 0 Å². The molecule has 0 bridgehead atoms. The molecular weight excluding hydrogens is 272 g/mol. The van der Waals surface area contributed by atoms with Gasteiger partial charge in [-0.1, -0.05) is 48.0 Å². The van der Waals surface area contributed by atoms with Gasteiger partial charge in [-0.3, -0.25) is 4.90 Å². The molecule has 1 N–H and O–H groups in total. The lowest BCUT2D eigenvalue weighted by Crippen LogP contribution is -2.40. The van der Waals surface area contributed by atoms with Gasteiger partial charge in [0.15, 0.2) is 0 Å². The largest absolute Gasteiger partial charge is 0.336 e. The van der Waals surface area contributed by atoms with Crippen molar-refractivity contribution in [2.24, 2.45) is 0 Å². The minimum absolute atomic E-state index is 0.0735. The molecule has 0 atom stereocenters. The topological polar surface area (TPSA) is 32.3 Å². The van der Waals surface area contributed by atoms with Crippen LogP contribution in [0.25, 0.3) is 0 Å². The summed E-state index contributed by atoms with van der Waals surface area (Å²) in [7, 11) is 1.77. The van der Waals surface area contributed by atoms with Crippen molar-refractivity contribution in [2.45, 2.75) is 33.7 Å². The van der Waals surface area contributed by atoms with Gasteiger partial charge in [0.25, 0.3) is 0 Å². The van der Waals surface area contributed by atoms with Crippen LogP contribution in [0.2, 0.25) is 0 Å². The number of anilines is 1. The Morgan fingerprint density at radius 3 is 2.00 bits per heavy atom. The molecule has 0 aliphatic carbocycles. The molecule has 0 saturated carbocycles. The van der Waals surface area contributed by atoms with Crippen LogP contribution in [-0.4, -0.2) is 19.1 Å². The Kier molecular flexibility index (Phi) is 7.17. The predicted molar refractivity (Wildman–Crippen MR) is 94.4 cm³/mol. The second kappa shape index (κ2) is 8.88. The number of hydrogen-bond donors (Lipinski definition) is 1. The first kappa shape index (κ1) is 17.8. The lowest BCUT2D eigenvalue weighted by atomic mass is 10.2. The normalized spacial score (nSPS) is 9.73. The zero-order valence-electron chi connectivity index (χ0n) is 14.1. The number of nitrogens with zero attached hydrogens (tertiary/aromatic N) is 1. The Morgan fingerprint density at radius 1 is 0.955 bits per heavy atom. The van der Waals surface area contributed by atoms with Gasteiger partial charge in [0.1, 0.15) is 0 Å². The van der Waals surface area contributed by atoms with E-state index in [2.05, 4.69) is 24.4 Å². The van der Waals surface area contributed by atoms with Gasteiger partial charge in [0.2, 0.25) is 0 Å². The lowest BCUT2D eigenvalue weighted by molar-refractivity contribution is 0.245. The summed E-state index contributed by atoms with van der Waals surface area (Å²) in [4.78, 5) is 13.3. The highest BCUT2D eigenvalue weighted by Gasteiger charge is 2.10. The molecule has 0 aromatic heterocycles. The third kappa shape index (κ3) is 6.44. The van der Waals surface area contributed by atoms with Crippen molar-refractivity contribution in [3.8, 4) is 0 Å². The molecule has 0 saturated heterocycles. The molecule has 3 nitrogen and oxygen atoms in total. The molecule has 0 heterocycles. The Morgan fingerprint density at radius 2 is 1.55 bits per heavy atom. The SMILES string of the molecule is Cc1cccc(N(C)C(=O)NC(C)C)c1.Cc1ccccc1. The number of benzene rings is 2. The molecule has 2 amide bonds. The average Bonchev–Trinajstić information content (AvgIpc) is 2.47. The highest BCUT2D eigenvalue weighted by atomic mass is 16.2. The molecule has 2 aromatic rings. The first-order valence-corrected chi connectivity index (χ1v) is 7.52. The third-order valence-corrected chi connectivity index (χ3v) is 3.05. The molecular formula is C19H26N2O. The van der Waals surface area contributed by atoms with Crippen LogP contribution < -0.4 is 10.2 Å². The second-order valence-corrected chi connectivity index (χ2v) is 5.66. The molecule has 2 rings (SSSR count). The lowest BCUT2D eigenvalue weighted by Gasteiger charge is -2.20. The maximum Gasteiger partial charge on any atom is 0.321 e. The Hall–Kier alpha value is -2.29. The van der Waals surface area contributed by atoms with Crippen LogP contribution in [0, 0.1) is 13.8 Å². The minimum Gasteiger partial charge on any atom is -0.336 e. The van der Waals surface area contributed by atoms with Crippen molar-refractivity contribution in [2.75, 3.05) is 11.9 Å². The number of rotatable bonds is 2. The zero-order valence-corrected chi connectivity index (χ0v) is 14.1. The molecule has 22 heavy (non-hydrogen) atoms. The number of carbonyl (C=O) groups is 1. The molecule has 0 radical (unpaired) electrons. The van der Waals surface area contributed by atoms with Crippen LogP contribution in [0.15, 0.2) is 54.6 Å². The number of aryl methyl sites for hydroxylation is 2. The van der Waals surface area contributed by atoms with E-state index in [1.54, 1.807) is 11.9 Å². The number of carbonyl (C=O) groups excluding carboxylic acids is 1. The van der Waals surface area contributed by atoms with E-state index in [9.17, 15) is 4.79 Å². The first-order valence-electron chi connectivity index (χ1n) is 7.52. The van der Waals surface area contributed by atoms with Gasteiger partial charge in [0.05, 0.1) is 0 Å². The zero-order chi connectivity index (χ0) is 16.5. The summed E-state index contributed by atoms with van der Waals surface area (Å²) in [6.07, 6.45) is 0. The van der Waals surface area contributed by atoms with Crippen molar-refractivity contribution in [3.63, 3.8) is 0 Å². The van der Waals surface area contributed by atoms with Crippen molar-refractivity contribution < 1.29 is 4.79 Å². The van der Waals surface area contributed by atoms with Crippen LogP contribution >= 0.6 is 0 Å². The Balaban J connectivity index is 0.000000287. The molecule has 0 aliphatic rings. The summed E-state index contributed by atoms with van der Waals surface area (Å²) in [6.45, 7) is 7.99. The number of amides is 2. The van der Waals surface area contributed by atoms with E-state index in [0.29, 0.717) is 0 Å². The maximum atomic E-state index is 11.7. The van der Waals surface area contributed by atoms with Gasteiger partial charge in [0, 0.05) is 18.8 Å². The highest BCUT2D eigenvalue weighted by molar-refractivity contribution is 5.91. The molecule has 0 fully saturated rings. The number of hydrogen-bond acceptors (Lipinski definition) is 1. The monoisotopic (exact) mass is 298 g/mol. The van der Waals surface area contributed by atoms with Gasteiger partial charge in [-0.15, -0.1) is 0 Å². The van der Waals surface area contributed by atoms with Gasteiger partial charge in [-0.25, -0.2) is 4.79 Å². The standard InChI is InChI=1S/C12H18N2O.C7H8/c1-9(2)13-12(15)14(4)11-7-5-6-10(3)8-11;1-7-5-3-2-4-6-7/h5-9H,1-4H3,(H,13,15);2-6H,1H3. The summed E-state index contributed by atoms with van der Waals surface area (Å²) in [5.41, 5.74) is 3.38. The summed E-state index contributed by atoms with van der Waals surface area (Å²) >= 11 is 0. The van der Waals surface area contributed by atoms with Crippen molar-refractivity contribution in [3.05, 3.63) is 65.7 Å². The van der Waals surface area contributed by atoms with E-state index in [1.165, 1.54) is 5.56 Å². The molecule has 118 valence electrons. The van der Waals surface area contributed by atoms with Gasteiger partial charge in [-0.05, 0) is 45.4 Å². The number of urea groups is 1. The van der Waals surface area contributed by atoms with E-state index >= 15 is 0 Å². The van der Waals surface area contributed by atoms with Crippen LogP contribution in [0.4, 0.5) is 10.5 Å². The van der Waals surface area contributed by atoms with Crippen LogP contribution in [0.3, 0.4) is 0 Å². The van der Waals surface area contributed by atoms with Crippen LogP contribution in [0.1, 0.15) is 25.0 Å². The summed E-state index contributed by atoms with van der Waals surface area (Å²) in [6, 6.07) is 18.2. The van der Waals surface area contributed by atoms with Gasteiger partial charge >= 0.3 is 6.03 Å². The fourth-order valence-corrected chi connectivity index (χ4v) is 1.83. The second-order valence-electron chi connectivity index (χ2n) is 5.66. The molecule has 0 spiro atoms. The molecule has 2 aromatic carbocycles. The van der Waals surface area contributed by atoms with Crippen molar-refractivity contribution >= 4 is 11.7 Å². The van der Waals surface area contributed by atoms with Gasteiger partial charge in [-0.2, -0.15) is 0 Å². The van der Waals surface area contributed by atoms with E-state index < -0.39 is 0 Å². The summed E-state index contributed by atoms with van der Waals surface area (Å²) in [5, 5.41) is 2.85. The average molecular weight is 298 g/mol. The van der Waals surface area contributed by atoms with Gasteiger partial charge < -0.3 is 5.32 Å². The maximum absolute atomic E-state index is 11.7. The quantitative estimate of drug-likeness (QED) is 0.867. The third-order valence-electron chi connectivity index (χ3n) is 3.05. The fourth-order valence-electron chi connectivity index (χ4n) is 1.83. The molecule has 0 aliphatic heterocycles. The predicted octanol–water partition coefficient (Wildman–Crippen LogP) is 4.54. The van der Waals surface area contributed by atoms with E-state index in [4.69, 9.17) is 0 Å². The number of nitrogens with one attached hydrogen (secondary N) is 1. The summed E-state index contributed by atoms with van der Waals surface area (Å²) in [5.74, 6) is 0. The van der Waals surface area contributed by atoms with E-state index in [-0.39, 0.29) is 12.1 Å². The van der Waals surface area contributed by atoms with E-state index in [0.717, 1.165) is 11.3 Å². The Labute approximate surface area is 134 Å². The minimum atomic E-state index is -0.0735. The van der Waals surface area contributed by atoms with E-state index in [1.807, 2.05) is 63.2 Å². The molecule has 0 unspecified atom stereocenters. The smallest absolute Gasteiger partial charge is 0.321 e. The first-order chi connectivity index (χ1) is 10.4. The summed E-state index contributed by atoms with van der Waals surface area (Å²) < 4.78 is 0.